The molecule has 0 heterocycles. The molecule has 2 aromatic rings. The molecular weight excluding hydrogens is 372 g/mol. The zero-order chi connectivity index (χ0) is 20.7. The van der Waals surface area contributed by atoms with Crippen LogP contribution in [0.5, 0.6) is 0 Å². The van der Waals surface area contributed by atoms with Gasteiger partial charge < -0.3 is 10.2 Å². The molecule has 0 fully saturated rings. The molecule has 2 aliphatic rings. The number of ketones is 2. The molecule has 0 spiro atoms. The zero-order valence-electron chi connectivity index (χ0n) is 15.3. The smallest absolute Gasteiger partial charge is 0.336 e. The molecule has 0 amide bonds. The number of rotatable bonds is 4. The standard InChI is InChI=1S/C23H16O6/c24-18-9-12-5-1-3-7-14(12)20(22(26)27)16(18)11-17-19(25)10-13-6-2-4-8-15(13)21(17)23(28)29/h1-8H,9-11H2,(H,26,27)(H,28,29). The van der Waals surface area contributed by atoms with Crippen molar-refractivity contribution in [1.29, 1.82) is 0 Å². The van der Waals surface area contributed by atoms with Gasteiger partial charge in [-0.2, -0.15) is 0 Å². The number of aliphatic carboxylic acids is 2. The number of carbonyl (C=O) groups excluding carboxylic acids is 2. The Labute approximate surface area is 165 Å². The van der Waals surface area contributed by atoms with E-state index in [0.29, 0.717) is 22.3 Å². The molecular formula is C23H16O6. The minimum absolute atomic E-state index is 0.0166. The van der Waals surface area contributed by atoms with Crippen molar-refractivity contribution in [2.24, 2.45) is 0 Å². The third kappa shape index (κ3) is 3.08. The van der Waals surface area contributed by atoms with Gasteiger partial charge in [0, 0.05) is 30.4 Å². The molecule has 2 aromatic carbocycles. The molecule has 0 bridgehead atoms. The van der Waals surface area contributed by atoms with E-state index in [1.807, 2.05) is 0 Å². The molecule has 0 radical (unpaired) electrons. The molecule has 0 unspecified atom stereocenters. The third-order valence-electron chi connectivity index (χ3n) is 5.33. The summed E-state index contributed by atoms with van der Waals surface area (Å²) < 4.78 is 0. The molecule has 2 aliphatic carbocycles. The van der Waals surface area contributed by atoms with Gasteiger partial charge in [0.05, 0.1) is 11.1 Å². The molecule has 0 atom stereocenters. The van der Waals surface area contributed by atoms with E-state index in [1.165, 1.54) is 0 Å². The number of carbonyl (C=O) groups is 4. The molecule has 6 heteroatoms. The quantitative estimate of drug-likeness (QED) is 0.834. The van der Waals surface area contributed by atoms with Crippen molar-refractivity contribution in [3.63, 3.8) is 0 Å². The Bertz CT molecular complexity index is 1070. The van der Waals surface area contributed by atoms with Gasteiger partial charge in [0.2, 0.25) is 0 Å². The van der Waals surface area contributed by atoms with Crippen molar-refractivity contribution in [2.75, 3.05) is 0 Å². The number of benzene rings is 2. The Morgan fingerprint density at radius 3 is 1.45 bits per heavy atom. The van der Waals surface area contributed by atoms with Crippen LogP contribution in [0.15, 0.2) is 59.7 Å². The average molecular weight is 388 g/mol. The number of carboxylic acid groups (broad SMARTS) is 2. The molecule has 0 aliphatic heterocycles. The van der Waals surface area contributed by atoms with Crippen LogP contribution in [0.25, 0.3) is 11.1 Å². The first kappa shape index (κ1) is 18.6. The van der Waals surface area contributed by atoms with E-state index in [2.05, 4.69) is 0 Å². The monoisotopic (exact) mass is 388 g/mol. The Morgan fingerprint density at radius 2 is 1.07 bits per heavy atom. The lowest BCUT2D eigenvalue weighted by atomic mass is 9.77. The minimum atomic E-state index is -1.28. The Kier molecular flexibility index (Phi) is 4.47. The van der Waals surface area contributed by atoms with Crippen LogP contribution in [0.1, 0.15) is 28.7 Å². The second-order valence-electron chi connectivity index (χ2n) is 7.01. The number of hydrogen-bond acceptors (Lipinski definition) is 4. The molecule has 0 saturated carbocycles. The number of allylic oxidation sites excluding steroid dienone is 2. The van der Waals surface area contributed by atoms with E-state index in [-0.39, 0.29) is 41.6 Å². The van der Waals surface area contributed by atoms with Gasteiger partial charge in [-0.25, -0.2) is 9.59 Å². The van der Waals surface area contributed by atoms with Gasteiger partial charge in [-0.15, -0.1) is 0 Å². The van der Waals surface area contributed by atoms with Crippen LogP contribution < -0.4 is 0 Å². The highest BCUT2D eigenvalue weighted by Gasteiger charge is 2.34. The summed E-state index contributed by atoms with van der Waals surface area (Å²) in [6.07, 6.45) is -0.283. The summed E-state index contributed by atoms with van der Waals surface area (Å²) in [4.78, 5) is 49.5. The largest absolute Gasteiger partial charge is 0.478 e. The normalized spacial score (nSPS) is 15.9. The van der Waals surface area contributed by atoms with Crippen molar-refractivity contribution >= 4 is 34.7 Å². The van der Waals surface area contributed by atoms with Gasteiger partial charge >= 0.3 is 11.9 Å². The number of carboxylic acids is 2. The van der Waals surface area contributed by atoms with Crippen LogP contribution in [-0.2, 0) is 32.0 Å². The zero-order valence-corrected chi connectivity index (χ0v) is 15.3. The van der Waals surface area contributed by atoms with Crippen LogP contribution in [-0.4, -0.2) is 33.7 Å². The summed E-state index contributed by atoms with van der Waals surface area (Å²) in [5, 5.41) is 19.5. The topological polar surface area (TPSA) is 109 Å². The fourth-order valence-corrected chi connectivity index (χ4v) is 4.04. The van der Waals surface area contributed by atoms with E-state index >= 15 is 0 Å². The fourth-order valence-electron chi connectivity index (χ4n) is 4.04. The van der Waals surface area contributed by atoms with E-state index in [1.54, 1.807) is 48.5 Å². The highest BCUT2D eigenvalue weighted by molar-refractivity contribution is 6.29. The van der Waals surface area contributed by atoms with Crippen LogP contribution in [0.2, 0.25) is 0 Å². The van der Waals surface area contributed by atoms with Gasteiger partial charge in [-0.1, -0.05) is 48.5 Å². The lowest BCUT2D eigenvalue weighted by Crippen LogP contribution is -2.24. The maximum Gasteiger partial charge on any atom is 0.336 e. The Balaban J connectivity index is 1.93. The summed E-state index contributed by atoms with van der Waals surface area (Å²) >= 11 is 0. The maximum atomic E-state index is 12.8. The fraction of sp³-hybridized carbons (Fsp3) is 0.130. The molecule has 2 N–H and O–H groups in total. The first-order valence-electron chi connectivity index (χ1n) is 9.04. The molecule has 4 rings (SSSR count). The van der Waals surface area contributed by atoms with Crippen molar-refractivity contribution < 1.29 is 29.4 Å². The molecule has 144 valence electrons. The van der Waals surface area contributed by atoms with Crippen molar-refractivity contribution in [1.82, 2.24) is 0 Å². The van der Waals surface area contributed by atoms with Gasteiger partial charge in [-0.3, -0.25) is 9.59 Å². The maximum absolute atomic E-state index is 12.8. The summed E-state index contributed by atoms with van der Waals surface area (Å²) in [5.41, 5.74) is 1.67. The van der Waals surface area contributed by atoms with Gasteiger partial charge in [-0.05, 0) is 22.3 Å². The highest BCUT2D eigenvalue weighted by atomic mass is 16.4. The summed E-state index contributed by atoms with van der Waals surface area (Å²) in [5.74, 6) is -3.38. The van der Waals surface area contributed by atoms with Crippen molar-refractivity contribution in [3.05, 3.63) is 81.9 Å². The Hall–Kier alpha value is -3.80. The minimum Gasteiger partial charge on any atom is -0.478 e. The van der Waals surface area contributed by atoms with Crippen molar-refractivity contribution in [3.8, 4) is 0 Å². The van der Waals surface area contributed by atoms with Gasteiger partial charge in [0.1, 0.15) is 0 Å². The predicted octanol–water partition coefficient (Wildman–Crippen LogP) is 2.70. The van der Waals surface area contributed by atoms with Gasteiger partial charge in [0.25, 0.3) is 0 Å². The van der Waals surface area contributed by atoms with E-state index in [0.717, 1.165) is 0 Å². The first-order valence-corrected chi connectivity index (χ1v) is 9.04. The first-order chi connectivity index (χ1) is 13.9. The Morgan fingerprint density at radius 1 is 0.690 bits per heavy atom. The highest BCUT2D eigenvalue weighted by Crippen LogP contribution is 2.37. The predicted molar refractivity (Wildman–Crippen MR) is 104 cm³/mol. The lowest BCUT2D eigenvalue weighted by molar-refractivity contribution is -0.131. The molecule has 0 aromatic heterocycles. The second-order valence-corrected chi connectivity index (χ2v) is 7.01. The summed E-state index contributed by atoms with van der Waals surface area (Å²) in [6, 6.07) is 13.4. The number of fused-ring (bicyclic) bond motifs is 2. The third-order valence-corrected chi connectivity index (χ3v) is 5.33. The van der Waals surface area contributed by atoms with Crippen molar-refractivity contribution in [2.45, 2.75) is 19.3 Å². The van der Waals surface area contributed by atoms with Crippen LogP contribution in [0.4, 0.5) is 0 Å². The van der Waals surface area contributed by atoms with E-state index < -0.39 is 23.5 Å². The van der Waals surface area contributed by atoms with Crippen LogP contribution >= 0.6 is 0 Å². The molecule has 29 heavy (non-hydrogen) atoms. The number of hydrogen-bond donors (Lipinski definition) is 2. The summed E-state index contributed by atoms with van der Waals surface area (Å²) in [7, 11) is 0. The SMILES string of the molecule is O=C(O)C1=C(CC2=C(C(=O)O)c3ccccc3CC2=O)C(=O)Cc2ccccc21. The average Bonchev–Trinajstić information content (AvgIpc) is 2.68. The molecule has 6 nitrogen and oxygen atoms in total. The lowest BCUT2D eigenvalue weighted by Gasteiger charge is -2.24. The van der Waals surface area contributed by atoms with E-state index in [4.69, 9.17) is 0 Å². The van der Waals surface area contributed by atoms with Crippen LogP contribution in [0.3, 0.4) is 0 Å². The van der Waals surface area contributed by atoms with Crippen LogP contribution in [0, 0.1) is 0 Å². The number of Topliss-reactive ketones (excluding diaryl/α,β-unsaturated/α-hetero) is 2. The second kappa shape index (κ2) is 6.98. The van der Waals surface area contributed by atoms with E-state index in [9.17, 15) is 29.4 Å². The molecule has 0 saturated heterocycles. The van der Waals surface area contributed by atoms with Gasteiger partial charge in [0.15, 0.2) is 11.6 Å². The summed E-state index contributed by atoms with van der Waals surface area (Å²) in [6.45, 7) is 0.